The Labute approximate surface area is 126 Å². The van der Waals surface area contributed by atoms with Crippen LogP contribution in [0.15, 0.2) is 23.1 Å². The quantitative estimate of drug-likeness (QED) is 0.709. The maximum atomic E-state index is 11.4. The Morgan fingerprint density at radius 1 is 1.29 bits per heavy atom. The summed E-state index contributed by atoms with van der Waals surface area (Å²) in [5, 5.41) is 8.53. The molecule has 1 aliphatic heterocycles. The van der Waals surface area contributed by atoms with Crippen molar-refractivity contribution in [3.05, 3.63) is 18.2 Å². The van der Waals surface area contributed by atoms with Crippen LogP contribution in [0.2, 0.25) is 0 Å². The summed E-state index contributed by atoms with van der Waals surface area (Å²) in [4.78, 5) is 2.50. The standard InChI is InChI=1S/C14H24N4O2S/c1-2-5-18-6-3-12(4-7-18)17-13-8-11(15)9-14(10-13)21(16,19)20/h8-10,12,17H,2-7,15H2,1H3,(H2,16,19,20). The van der Waals surface area contributed by atoms with Gasteiger partial charge in [0.1, 0.15) is 0 Å². The molecule has 2 rings (SSSR count). The molecular formula is C14H24N4O2S. The van der Waals surface area contributed by atoms with Gasteiger partial charge in [0.05, 0.1) is 4.90 Å². The summed E-state index contributed by atoms with van der Waals surface area (Å²) in [6.45, 7) is 5.46. The van der Waals surface area contributed by atoms with Gasteiger partial charge in [-0.05, 0) is 44.0 Å². The number of nitrogens with two attached hydrogens (primary N) is 2. The van der Waals surface area contributed by atoms with Gasteiger partial charge in [0.25, 0.3) is 0 Å². The first-order valence-corrected chi connectivity index (χ1v) is 8.85. The average Bonchev–Trinajstić information content (AvgIpc) is 2.40. The van der Waals surface area contributed by atoms with Gasteiger partial charge in [0.2, 0.25) is 10.0 Å². The molecule has 0 unspecified atom stereocenters. The molecule has 0 atom stereocenters. The Balaban J connectivity index is 2.02. The van der Waals surface area contributed by atoms with E-state index in [1.54, 1.807) is 12.1 Å². The number of anilines is 2. The third-order valence-corrected chi connectivity index (χ3v) is 4.65. The zero-order chi connectivity index (χ0) is 15.5. The van der Waals surface area contributed by atoms with Crippen molar-refractivity contribution in [3.63, 3.8) is 0 Å². The Morgan fingerprint density at radius 2 is 1.95 bits per heavy atom. The third-order valence-electron chi connectivity index (χ3n) is 3.76. The van der Waals surface area contributed by atoms with Gasteiger partial charge in [-0.3, -0.25) is 0 Å². The Morgan fingerprint density at radius 3 is 2.52 bits per heavy atom. The van der Waals surface area contributed by atoms with Gasteiger partial charge >= 0.3 is 0 Å². The second-order valence-electron chi connectivity index (χ2n) is 5.60. The van der Waals surface area contributed by atoms with E-state index in [4.69, 9.17) is 10.9 Å². The Hall–Kier alpha value is -1.31. The van der Waals surface area contributed by atoms with Gasteiger partial charge in [0, 0.05) is 30.5 Å². The lowest BCUT2D eigenvalue weighted by atomic mass is 10.0. The van der Waals surface area contributed by atoms with Crippen molar-refractivity contribution in [1.29, 1.82) is 0 Å². The van der Waals surface area contributed by atoms with Gasteiger partial charge in [-0.15, -0.1) is 0 Å². The van der Waals surface area contributed by atoms with E-state index in [0.717, 1.165) is 32.5 Å². The van der Waals surface area contributed by atoms with Crippen molar-refractivity contribution in [2.45, 2.75) is 37.1 Å². The van der Waals surface area contributed by atoms with Crippen LogP contribution in [0.4, 0.5) is 11.4 Å². The van der Waals surface area contributed by atoms with Crippen molar-refractivity contribution in [2.75, 3.05) is 30.7 Å². The lowest BCUT2D eigenvalue weighted by molar-refractivity contribution is 0.219. The van der Waals surface area contributed by atoms with E-state index in [-0.39, 0.29) is 4.90 Å². The van der Waals surface area contributed by atoms with Crippen LogP contribution in [0.1, 0.15) is 26.2 Å². The number of nitrogens with one attached hydrogen (secondary N) is 1. The van der Waals surface area contributed by atoms with E-state index >= 15 is 0 Å². The summed E-state index contributed by atoms with van der Waals surface area (Å²) < 4.78 is 22.9. The van der Waals surface area contributed by atoms with E-state index in [1.807, 2.05) is 0 Å². The highest BCUT2D eigenvalue weighted by Crippen LogP contribution is 2.22. The fraction of sp³-hybridized carbons (Fsp3) is 0.571. The second kappa shape index (κ2) is 6.64. The zero-order valence-corrected chi connectivity index (χ0v) is 13.2. The summed E-state index contributed by atoms with van der Waals surface area (Å²) in [5.41, 5.74) is 6.87. The van der Waals surface area contributed by atoms with Crippen LogP contribution in [-0.4, -0.2) is 39.0 Å². The molecule has 0 aliphatic carbocycles. The molecule has 0 amide bonds. The van der Waals surface area contributed by atoms with E-state index in [0.29, 0.717) is 17.4 Å². The van der Waals surface area contributed by atoms with Crippen LogP contribution in [0.25, 0.3) is 0 Å². The monoisotopic (exact) mass is 312 g/mol. The van der Waals surface area contributed by atoms with Crippen LogP contribution in [0.5, 0.6) is 0 Å². The molecule has 1 heterocycles. The van der Waals surface area contributed by atoms with Crippen molar-refractivity contribution < 1.29 is 8.42 Å². The SMILES string of the molecule is CCCN1CCC(Nc2cc(N)cc(S(N)(=O)=O)c2)CC1. The van der Waals surface area contributed by atoms with Crippen molar-refractivity contribution >= 4 is 21.4 Å². The number of nitrogen functional groups attached to an aromatic ring is 1. The molecule has 118 valence electrons. The minimum Gasteiger partial charge on any atom is -0.399 e. The highest BCUT2D eigenvalue weighted by molar-refractivity contribution is 7.89. The van der Waals surface area contributed by atoms with E-state index in [2.05, 4.69) is 17.1 Å². The molecule has 7 heteroatoms. The maximum Gasteiger partial charge on any atom is 0.238 e. The fourth-order valence-electron chi connectivity index (χ4n) is 2.72. The summed E-state index contributed by atoms with van der Waals surface area (Å²) in [5.74, 6) is 0. The molecule has 0 bridgehead atoms. The minimum atomic E-state index is -3.73. The normalized spacial score (nSPS) is 17.8. The molecular weight excluding hydrogens is 288 g/mol. The first-order chi connectivity index (χ1) is 9.88. The van der Waals surface area contributed by atoms with Gasteiger partial charge in [-0.1, -0.05) is 6.92 Å². The van der Waals surface area contributed by atoms with E-state index in [9.17, 15) is 8.42 Å². The summed E-state index contributed by atoms with van der Waals surface area (Å²) >= 11 is 0. The van der Waals surface area contributed by atoms with Gasteiger partial charge in [0.15, 0.2) is 0 Å². The minimum absolute atomic E-state index is 0.0495. The number of hydrogen-bond donors (Lipinski definition) is 3. The van der Waals surface area contributed by atoms with Gasteiger partial charge in [-0.25, -0.2) is 13.6 Å². The molecule has 0 radical (unpaired) electrons. The van der Waals surface area contributed by atoms with Crippen LogP contribution < -0.4 is 16.2 Å². The number of piperidine rings is 1. The predicted molar refractivity (Wildman–Crippen MR) is 85.6 cm³/mol. The van der Waals surface area contributed by atoms with Crippen LogP contribution in [0, 0.1) is 0 Å². The highest BCUT2D eigenvalue weighted by Gasteiger charge is 2.19. The summed E-state index contributed by atoms with van der Waals surface area (Å²) in [6.07, 6.45) is 3.25. The molecule has 5 N–H and O–H groups in total. The Bertz CT molecular complexity index is 581. The third kappa shape index (κ3) is 4.59. The number of hydrogen-bond acceptors (Lipinski definition) is 5. The molecule has 6 nitrogen and oxygen atoms in total. The molecule has 0 spiro atoms. The van der Waals surface area contributed by atoms with Crippen LogP contribution >= 0.6 is 0 Å². The van der Waals surface area contributed by atoms with Crippen molar-refractivity contribution in [3.8, 4) is 0 Å². The molecule has 0 aromatic heterocycles. The predicted octanol–water partition coefficient (Wildman–Crippen LogP) is 1.20. The van der Waals surface area contributed by atoms with Crippen molar-refractivity contribution in [1.82, 2.24) is 4.90 Å². The topological polar surface area (TPSA) is 101 Å². The Kier molecular flexibility index (Phi) is 5.08. The molecule has 1 saturated heterocycles. The molecule has 1 fully saturated rings. The van der Waals surface area contributed by atoms with E-state index in [1.165, 1.54) is 12.5 Å². The molecule has 21 heavy (non-hydrogen) atoms. The molecule has 1 aromatic rings. The van der Waals surface area contributed by atoms with Crippen LogP contribution in [-0.2, 0) is 10.0 Å². The lowest BCUT2D eigenvalue weighted by Gasteiger charge is -2.32. The molecule has 1 aliphatic rings. The number of nitrogens with zero attached hydrogens (tertiary/aromatic N) is 1. The van der Waals surface area contributed by atoms with Crippen molar-refractivity contribution in [2.24, 2.45) is 5.14 Å². The first kappa shape index (κ1) is 16.1. The maximum absolute atomic E-state index is 11.4. The molecule has 0 saturated carbocycles. The zero-order valence-electron chi connectivity index (χ0n) is 12.4. The number of primary sulfonamides is 1. The second-order valence-corrected chi connectivity index (χ2v) is 7.16. The number of benzene rings is 1. The first-order valence-electron chi connectivity index (χ1n) is 7.30. The number of sulfonamides is 1. The lowest BCUT2D eigenvalue weighted by Crippen LogP contribution is -2.39. The average molecular weight is 312 g/mol. The summed E-state index contributed by atoms with van der Waals surface area (Å²) in [6, 6.07) is 5.01. The largest absolute Gasteiger partial charge is 0.399 e. The van der Waals surface area contributed by atoms with E-state index < -0.39 is 10.0 Å². The van der Waals surface area contributed by atoms with Gasteiger partial charge in [-0.2, -0.15) is 0 Å². The number of rotatable bonds is 5. The van der Waals surface area contributed by atoms with Gasteiger partial charge < -0.3 is 16.0 Å². The number of likely N-dealkylation sites (tertiary alicyclic amines) is 1. The van der Waals surface area contributed by atoms with Crippen LogP contribution in [0.3, 0.4) is 0 Å². The smallest absolute Gasteiger partial charge is 0.238 e. The molecule has 1 aromatic carbocycles. The summed E-state index contributed by atoms with van der Waals surface area (Å²) in [7, 11) is -3.73. The highest BCUT2D eigenvalue weighted by atomic mass is 32.2. The fourth-order valence-corrected chi connectivity index (χ4v) is 3.31.